The van der Waals surface area contributed by atoms with Crippen molar-refractivity contribution in [2.45, 2.75) is 26.3 Å². The Labute approximate surface area is 122 Å². The fourth-order valence-corrected chi connectivity index (χ4v) is 3.13. The van der Waals surface area contributed by atoms with Crippen LogP contribution in [0.4, 0.5) is 4.39 Å². The standard InChI is InChI=1S/C15H17ClFNS/c1-3-18-15(11-7-10(2)19-9-11)8-12-13(16)5-4-6-14(12)17/h4-7,9,15,18H,3,8H2,1-2H3. The highest BCUT2D eigenvalue weighted by molar-refractivity contribution is 7.10. The Hall–Kier alpha value is -0.900. The number of likely N-dealkylation sites (N-methyl/N-ethyl adjacent to an activating group) is 1. The number of nitrogens with one attached hydrogen (secondary N) is 1. The predicted octanol–water partition coefficient (Wildman–Crippen LogP) is 4.74. The molecule has 1 atom stereocenters. The Morgan fingerprint density at radius 2 is 2.21 bits per heavy atom. The smallest absolute Gasteiger partial charge is 0.127 e. The van der Waals surface area contributed by atoms with E-state index in [9.17, 15) is 4.39 Å². The van der Waals surface area contributed by atoms with Crippen LogP contribution in [-0.4, -0.2) is 6.54 Å². The van der Waals surface area contributed by atoms with Crippen molar-refractivity contribution in [2.24, 2.45) is 0 Å². The average Bonchev–Trinajstić information content (AvgIpc) is 2.79. The summed E-state index contributed by atoms with van der Waals surface area (Å²) in [5.74, 6) is -0.234. The summed E-state index contributed by atoms with van der Waals surface area (Å²) in [7, 11) is 0. The van der Waals surface area contributed by atoms with E-state index in [2.05, 4.69) is 30.6 Å². The molecule has 0 radical (unpaired) electrons. The van der Waals surface area contributed by atoms with Gasteiger partial charge in [-0.3, -0.25) is 0 Å². The molecule has 0 aliphatic heterocycles. The fourth-order valence-electron chi connectivity index (χ4n) is 2.13. The third kappa shape index (κ3) is 3.56. The molecule has 0 aliphatic carbocycles. The first-order valence-corrected chi connectivity index (χ1v) is 7.59. The van der Waals surface area contributed by atoms with E-state index in [1.165, 1.54) is 16.5 Å². The third-order valence-electron chi connectivity index (χ3n) is 3.07. The predicted molar refractivity (Wildman–Crippen MR) is 80.6 cm³/mol. The van der Waals surface area contributed by atoms with Crippen LogP contribution in [0.25, 0.3) is 0 Å². The molecular formula is C15H17ClFNS. The normalized spacial score (nSPS) is 12.6. The van der Waals surface area contributed by atoms with E-state index in [4.69, 9.17) is 11.6 Å². The van der Waals surface area contributed by atoms with Gasteiger partial charge in [0.05, 0.1) is 0 Å². The maximum absolute atomic E-state index is 13.9. The summed E-state index contributed by atoms with van der Waals surface area (Å²) in [6.07, 6.45) is 0.565. The molecule has 0 fully saturated rings. The van der Waals surface area contributed by atoms with Crippen molar-refractivity contribution in [3.05, 3.63) is 56.5 Å². The van der Waals surface area contributed by atoms with Crippen LogP contribution in [0.5, 0.6) is 0 Å². The molecule has 0 saturated heterocycles. The molecule has 1 N–H and O–H groups in total. The lowest BCUT2D eigenvalue weighted by Crippen LogP contribution is -2.23. The molecule has 4 heteroatoms. The van der Waals surface area contributed by atoms with Crippen molar-refractivity contribution in [1.82, 2.24) is 5.32 Å². The quantitative estimate of drug-likeness (QED) is 0.840. The lowest BCUT2D eigenvalue weighted by molar-refractivity contribution is 0.529. The minimum absolute atomic E-state index is 0.101. The Morgan fingerprint density at radius 3 is 2.79 bits per heavy atom. The van der Waals surface area contributed by atoms with Gasteiger partial charge in [-0.05, 0) is 49.0 Å². The summed E-state index contributed by atoms with van der Waals surface area (Å²) in [5, 5.41) is 6.01. The van der Waals surface area contributed by atoms with Crippen molar-refractivity contribution >= 4 is 22.9 Å². The van der Waals surface area contributed by atoms with E-state index < -0.39 is 0 Å². The van der Waals surface area contributed by atoms with Crippen LogP contribution in [0.15, 0.2) is 29.6 Å². The van der Waals surface area contributed by atoms with Gasteiger partial charge in [-0.2, -0.15) is 0 Å². The molecule has 0 bridgehead atoms. The molecule has 19 heavy (non-hydrogen) atoms. The van der Waals surface area contributed by atoms with Gasteiger partial charge in [0.25, 0.3) is 0 Å². The second-order valence-corrected chi connectivity index (χ2v) is 6.03. The van der Waals surface area contributed by atoms with Crippen molar-refractivity contribution in [1.29, 1.82) is 0 Å². The summed E-state index contributed by atoms with van der Waals surface area (Å²) in [6.45, 7) is 4.97. The molecule has 0 saturated carbocycles. The van der Waals surface area contributed by atoms with Crippen LogP contribution in [0.1, 0.15) is 29.0 Å². The SMILES string of the molecule is CCNC(Cc1c(F)cccc1Cl)c1csc(C)c1. The average molecular weight is 298 g/mol. The minimum Gasteiger partial charge on any atom is -0.310 e. The van der Waals surface area contributed by atoms with Gasteiger partial charge in [-0.15, -0.1) is 11.3 Å². The Bertz CT molecular complexity index is 533. The molecular weight excluding hydrogens is 281 g/mol. The Balaban J connectivity index is 2.26. The first-order valence-electron chi connectivity index (χ1n) is 6.33. The zero-order valence-corrected chi connectivity index (χ0v) is 12.6. The van der Waals surface area contributed by atoms with E-state index in [0.717, 1.165) is 6.54 Å². The summed E-state index contributed by atoms with van der Waals surface area (Å²) in [5.41, 5.74) is 1.78. The van der Waals surface area contributed by atoms with Crippen molar-refractivity contribution in [2.75, 3.05) is 6.54 Å². The van der Waals surface area contributed by atoms with E-state index in [1.807, 2.05) is 0 Å². The minimum atomic E-state index is -0.234. The second kappa shape index (κ2) is 6.51. The maximum atomic E-state index is 13.9. The Morgan fingerprint density at radius 1 is 1.42 bits per heavy atom. The van der Waals surface area contributed by atoms with Crippen LogP contribution in [0.3, 0.4) is 0 Å². The molecule has 102 valence electrons. The molecule has 2 aromatic rings. The molecule has 1 aromatic heterocycles. The summed E-state index contributed by atoms with van der Waals surface area (Å²) in [4.78, 5) is 1.26. The Kier molecular flexibility index (Phi) is 4.97. The number of halogens is 2. The second-order valence-electron chi connectivity index (χ2n) is 4.51. The highest BCUT2D eigenvalue weighted by Crippen LogP contribution is 2.28. The number of hydrogen-bond donors (Lipinski definition) is 1. The van der Waals surface area contributed by atoms with Gasteiger partial charge in [-0.25, -0.2) is 4.39 Å². The zero-order valence-electron chi connectivity index (χ0n) is 11.0. The number of thiophene rings is 1. The van der Waals surface area contributed by atoms with Crippen LogP contribution >= 0.6 is 22.9 Å². The molecule has 2 rings (SSSR count). The molecule has 1 heterocycles. The summed E-state index contributed by atoms with van der Waals surface area (Å²) in [6, 6.07) is 7.08. The first-order chi connectivity index (χ1) is 9.11. The number of aryl methyl sites for hydroxylation is 1. The van der Waals surface area contributed by atoms with Crippen LogP contribution in [0.2, 0.25) is 5.02 Å². The van der Waals surface area contributed by atoms with E-state index in [-0.39, 0.29) is 11.9 Å². The van der Waals surface area contributed by atoms with E-state index in [1.54, 1.807) is 23.5 Å². The largest absolute Gasteiger partial charge is 0.310 e. The lowest BCUT2D eigenvalue weighted by atomic mass is 10.0. The highest BCUT2D eigenvalue weighted by Gasteiger charge is 2.16. The van der Waals surface area contributed by atoms with Gasteiger partial charge >= 0.3 is 0 Å². The fraction of sp³-hybridized carbons (Fsp3) is 0.333. The summed E-state index contributed by atoms with van der Waals surface area (Å²) >= 11 is 7.81. The summed E-state index contributed by atoms with van der Waals surface area (Å²) < 4.78 is 13.9. The van der Waals surface area contributed by atoms with Crippen molar-refractivity contribution in [3.63, 3.8) is 0 Å². The van der Waals surface area contributed by atoms with Gasteiger partial charge in [0.1, 0.15) is 5.82 Å². The molecule has 0 aliphatic rings. The maximum Gasteiger partial charge on any atom is 0.127 e. The topological polar surface area (TPSA) is 12.0 Å². The molecule has 1 nitrogen and oxygen atoms in total. The van der Waals surface area contributed by atoms with E-state index in [0.29, 0.717) is 17.0 Å². The number of rotatable bonds is 5. The van der Waals surface area contributed by atoms with Crippen LogP contribution in [0, 0.1) is 12.7 Å². The first kappa shape index (κ1) is 14.5. The van der Waals surface area contributed by atoms with Crippen LogP contribution in [-0.2, 0) is 6.42 Å². The molecule has 0 amide bonds. The lowest BCUT2D eigenvalue weighted by Gasteiger charge is -2.18. The van der Waals surface area contributed by atoms with Crippen LogP contribution < -0.4 is 5.32 Å². The molecule has 0 spiro atoms. The number of hydrogen-bond acceptors (Lipinski definition) is 2. The molecule has 1 unspecified atom stereocenters. The highest BCUT2D eigenvalue weighted by atomic mass is 35.5. The van der Waals surface area contributed by atoms with E-state index >= 15 is 0 Å². The van der Waals surface area contributed by atoms with Gasteiger partial charge in [0.2, 0.25) is 0 Å². The van der Waals surface area contributed by atoms with Gasteiger partial charge < -0.3 is 5.32 Å². The van der Waals surface area contributed by atoms with Crippen molar-refractivity contribution < 1.29 is 4.39 Å². The van der Waals surface area contributed by atoms with Gasteiger partial charge in [0.15, 0.2) is 0 Å². The third-order valence-corrected chi connectivity index (χ3v) is 4.31. The van der Waals surface area contributed by atoms with Gasteiger partial charge in [0, 0.05) is 21.5 Å². The monoisotopic (exact) mass is 297 g/mol. The molecule has 1 aromatic carbocycles. The van der Waals surface area contributed by atoms with Crippen molar-refractivity contribution in [3.8, 4) is 0 Å². The number of benzene rings is 1. The van der Waals surface area contributed by atoms with Gasteiger partial charge in [-0.1, -0.05) is 24.6 Å². The zero-order chi connectivity index (χ0) is 13.8.